The molecule has 0 aliphatic carbocycles. The maximum atomic E-state index is 12.7. The molecule has 12 nitrogen and oxygen atoms in total. The number of aromatic nitrogens is 8. The molecule has 2 amide bonds. The van der Waals surface area contributed by atoms with Crippen molar-refractivity contribution in [3.8, 4) is 5.95 Å². The van der Waals surface area contributed by atoms with Crippen molar-refractivity contribution in [2.75, 3.05) is 11.4 Å². The van der Waals surface area contributed by atoms with Gasteiger partial charge in [0.25, 0.3) is 11.9 Å². The minimum Gasteiger partial charge on any atom is -0.344 e. The van der Waals surface area contributed by atoms with Crippen LogP contribution in [-0.2, 0) is 18.0 Å². The Morgan fingerprint density at radius 1 is 1.33 bits per heavy atom. The van der Waals surface area contributed by atoms with Crippen LogP contribution in [0.3, 0.4) is 0 Å². The van der Waals surface area contributed by atoms with Crippen LogP contribution in [0.2, 0.25) is 0 Å². The molecule has 0 spiro atoms. The number of alkyl halides is 3. The molecule has 1 unspecified atom stereocenters. The minimum absolute atomic E-state index is 0.0796. The number of anilines is 1. The van der Waals surface area contributed by atoms with Gasteiger partial charge >= 0.3 is 6.18 Å². The average Bonchev–Trinajstić information content (AvgIpc) is 3.41. The van der Waals surface area contributed by atoms with Gasteiger partial charge in [0.15, 0.2) is 0 Å². The van der Waals surface area contributed by atoms with Crippen molar-refractivity contribution >= 4 is 17.5 Å². The van der Waals surface area contributed by atoms with Crippen LogP contribution in [-0.4, -0.2) is 64.1 Å². The molecule has 0 saturated carbocycles. The highest BCUT2D eigenvalue weighted by atomic mass is 19.4. The summed E-state index contributed by atoms with van der Waals surface area (Å²) in [4.78, 5) is 33.5. The summed E-state index contributed by atoms with van der Waals surface area (Å²) in [6.07, 6.45) is -1.40. The summed E-state index contributed by atoms with van der Waals surface area (Å²) in [5.41, 5.74) is 0.613. The smallest absolute Gasteiger partial charge is 0.344 e. The Hall–Kier alpha value is -3.78. The van der Waals surface area contributed by atoms with Crippen molar-refractivity contribution in [2.24, 2.45) is 7.05 Å². The van der Waals surface area contributed by atoms with Crippen molar-refractivity contribution in [1.29, 1.82) is 0 Å². The second kappa shape index (κ2) is 6.93. The normalized spacial score (nSPS) is 17.0. The zero-order chi connectivity index (χ0) is 21.6. The number of aromatic amines is 1. The van der Waals surface area contributed by atoms with E-state index in [0.29, 0.717) is 5.69 Å². The zero-order valence-electron chi connectivity index (χ0n) is 15.7. The van der Waals surface area contributed by atoms with Crippen LogP contribution in [0, 0.1) is 6.92 Å². The van der Waals surface area contributed by atoms with Crippen molar-refractivity contribution in [2.45, 2.75) is 25.6 Å². The van der Waals surface area contributed by atoms with Crippen LogP contribution < -0.4 is 10.2 Å². The third-order valence-electron chi connectivity index (χ3n) is 4.37. The summed E-state index contributed by atoms with van der Waals surface area (Å²) in [7, 11) is 1.72. The van der Waals surface area contributed by atoms with Crippen molar-refractivity contribution in [1.82, 2.24) is 45.0 Å². The van der Waals surface area contributed by atoms with Gasteiger partial charge in [-0.1, -0.05) is 0 Å². The van der Waals surface area contributed by atoms with E-state index in [9.17, 15) is 22.8 Å². The molecule has 3 aromatic heterocycles. The number of amides is 2. The van der Waals surface area contributed by atoms with Gasteiger partial charge in [-0.2, -0.15) is 27.9 Å². The molecular formula is C15H15F3N10O2. The summed E-state index contributed by atoms with van der Waals surface area (Å²) in [6.45, 7) is 1.68. The van der Waals surface area contributed by atoms with Gasteiger partial charge in [0.2, 0.25) is 17.6 Å². The Kier molecular flexibility index (Phi) is 4.51. The van der Waals surface area contributed by atoms with Crippen LogP contribution in [0.1, 0.15) is 28.7 Å². The Morgan fingerprint density at radius 3 is 2.73 bits per heavy atom. The molecule has 1 aliphatic rings. The fourth-order valence-corrected chi connectivity index (χ4v) is 3.00. The molecule has 4 heterocycles. The lowest BCUT2D eigenvalue weighted by atomic mass is 10.2. The van der Waals surface area contributed by atoms with E-state index in [1.54, 1.807) is 29.2 Å². The number of carbonyl (C=O) groups excluding carboxylic acids is 2. The maximum absolute atomic E-state index is 12.7. The summed E-state index contributed by atoms with van der Waals surface area (Å²) in [5, 5.41) is 15.8. The first-order valence-electron chi connectivity index (χ1n) is 8.65. The molecule has 2 N–H and O–H groups in total. The first-order valence-corrected chi connectivity index (χ1v) is 8.65. The first-order chi connectivity index (χ1) is 14.1. The number of nitrogens with one attached hydrogen (secondary N) is 2. The van der Waals surface area contributed by atoms with Crippen LogP contribution in [0.15, 0.2) is 12.4 Å². The molecule has 1 fully saturated rings. The molecule has 0 radical (unpaired) electrons. The highest BCUT2D eigenvalue weighted by Gasteiger charge is 2.36. The van der Waals surface area contributed by atoms with E-state index in [4.69, 9.17) is 0 Å². The monoisotopic (exact) mass is 424 g/mol. The van der Waals surface area contributed by atoms with Crippen LogP contribution in [0.25, 0.3) is 5.95 Å². The molecule has 1 aliphatic heterocycles. The van der Waals surface area contributed by atoms with Crippen LogP contribution >= 0.6 is 0 Å². The first kappa shape index (κ1) is 19.5. The molecule has 4 rings (SSSR count). The Morgan fingerprint density at radius 2 is 2.10 bits per heavy atom. The Bertz CT molecular complexity index is 1110. The van der Waals surface area contributed by atoms with E-state index in [1.807, 2.05) is 0 Å². The number of halogens is 3. The summed E-state index contributed by atoms with van der Waals surface area (Å²) in [5.74, 6) is -2.70. The second-order valence-electron chi connectivity index (χ2n) is 6.63. The van der Waals surface area contributed by atoms with Gasteiger partial charge in [-0.05, 0) is 6.92 Å². The van der Waals surface area contributed by atoms with E-state index in [-0.39, 0.29) is 30.5 Å². The van der Waals surface area contributed by atoms with Crippen molar-refractivity contribution < 1.29 is 22.8 Å². The lowest BCUT2D eigenvalue weighted by Crippen LogP contribution is -2.37. The predicted octanol–water partition coefficient (Wildman–Crippen LogP) is -0.0186. The number of nitrogens with zero attached hydrogens (tertiary/aromatic N) is 8. The largest absolute Gasteiger partial charge is 0.451 e. The lowest BCUT2D eigenvalue weighted by molar-refractivity contribution is -0.144. The van der Waals surface area contributed by atoms with Gasteiger partial charge < -0.3 is 10.2 Å². The van der Waals surface area contributed by atoms with Gasteiger partial charge in [0.05, 0.1) is 17.9 Å². The minimum atomic E-state index is -4.70. The molecule has 0 bridgehead atoms. The number of hydrogen-bond donors (Lipinski definition) is 2. The van der Waals surface area contributed by atoms with Crippen molar-refractivity contribution in [3.63, 3.8) is 0 Å². The Labute approximate surface area is 166 Å². The van der Waals surface area contributed by atoms with E-state index in [1.165, 1.54) is 11.8 Å². The van der Waals surface area contributed by atoms with Gasteiger partial charge in [0, 0.05) is 26.2 Å². The number of H-pyrrole nitrogens is 1. The predicted molar refractivity (Wildman–Crippen MR) is 92.5 cm³/mol. The summed E-state index contributed by atoms with van der Waals surface area (Å²) in [6, 6.07) is -0.488. The maximum Gasteiger partial charge on any atom is 0.451 e. The lowest BCUT2D eigenvalue weighted by Gasteiger charge is -2.14. The van der Waals surface area contributed by atoms with E-state index in [2.05, 4.69) is 30.6 Å². The fraction of sp³-hybridized carbons (Fsp3) is 0.400. The van der Waals surface area contributed by atoms with Crippen LogP contribution in [0.4, 0.5) is 18.9 Å². The third kappa shape index (κ3) is 3.60. The Balaban J connectivity index is 1.46. The molecular weight excluding hydrogens is 409 g/mol. The standard InChI is InChI=1S/C15H15F3N10O2/c1-7-20-11(25-28(7)14-22-13(23-24-14)15(16,17)18)12(30)21-8-3-10(29)27(5-8)9-4-19-26(2)6-9/h4,6,8H,3,5H2,1-2H3,(H,21,30)(H,22,23,24). The molecule has 3 aromatic rings. The summed E-state index contributed by atoms with van der Waals surface area (Å²) >= 11 is 0. The third-order valence-corrected chi connectivity index (χ3v) is 4.37. The highest BCUT2D eigenvalue weighted by Crippen LogP contribution is 2.26. The van der Waals surface area contributed by atoms with Gasteiger partial charge in [-0.15, -0.1) is 10.2 Å². The molecule has 30 heavy (non-hydrogen) atoms. The number of rotatable bonds is 4. The van der Waals surface area contributed by atoms with Gasteiger partial charge in [-0.25, -0.2) is 4.98 Å². The molecule has 158 valence electrons. The number of carbonyl (C=O) groups is 2. The second-order valence-corrected chi connectivity index (χ2v) is 6.63. The van der Waals surface area contributed by atoms with Crippen molar-refractivity contribution in [3.05, 3.63) is 29.9 Å². The average molecular weight is 424 g/mol. The number of aryl methyl sites for hydroxylation is 2. The molecule has 1 saturated heterocycles. The molecule has 1 atom stereocenters. The topological polar surface area (TPSA) is 140 Å². The van der Waals surface area contributed by atoms with Gasteiger partial charge in [-0.3, -0.25) is 19.4 Å². The van der Waals surface area contributed by atoms with Crippen LogP contribution in [0.5, 0.6) is 0 Å². The van der Waals surface area contributed by atoms with E-state index in [0.717, 1.165) is 4.68 Å². The zero-order valence-corrected chi connectivity index (χ0v) is 15.7. The van der Waals surface area contributed by atoms with E-state index >= 15 is 0 Å². The van der Waals surface area contributed by atoms with Gasteiger partial charge in [0.1, 0.15) is 5.82 Å². The molecule has 0 aromatic carbocycles. The quantitative estimate of drug-likeness (QED) is 0.600. The fourth-order valence-electron chi connectivity index (χ4n) is 3.00. The molecule has 15 heteroatoms. The van der Waals surface area contributed by atoms with E-state index < -0.39 is 29.9 Å². The SMILES string of the molecule is Cc1nc(C(=O)NC2CC(=O)N(c3cnn(C)c3)C2)nn1-c1n[nH]c(C(F)(F)F)n1. The number of hydrogen-bond acceptors (Lipinski definition) is 7. The highest BCUT2D eigenvalue weighted by molar-refractivity contribution is 5.97. The summed E-state index contributed by atoms with van der Waals surface area (Å²) < 4.78 is 40.5.